The van der Waals surface area contributed by atoms with Gasteiger partial charge in [0.15, 0.2) is 0 Å². The maximum atomic E-state index is 14.3. The van der Waals surface area contributed by atoms with Crippen LogP contribution in [0.2, 0.25) is 0 Å². The van der Waals surface area contributed by atoms with E-state index < -0.39 is 33.6 Å². The van der Waals surface area contributed by atoms with Gasteiger partial charge in [0.1, 0.15) is 17.7 Å². The Bertz CT molecular complexity index is 1090. The first-order valence-electron chi connectivity index (χ1n) is 11.6. The van der Waals surface area contributed by atoms with Crippen molar-refractivity contribution in [3.8, 4) is 0 Å². The number of amides is 2. The molecule has 0 aliphatic carbocycles. The van der Waals surface area contributed by atoms with Crippen molar-refractivity contribution >= 4 is 27.5 Å². The van der Waals surface area contributed by atoms with Crippen LogP contribution >= 0.6 is 0 Å². The number of anilines is 1. The Morgan fingerprint density at radius 1 is 1.03 bits per heavy atom. The van der Waals surface area contributed by atoms with Crippen LogP contribution in [-0.2, 0) is 26.2 Å². The molecule has 10 heteroatoms. The Hall–Kier alpha value is -3.01. The van der Waals surface area contributed by atoms with Crippen LogP contribution in [0.4, 0.5) is 14.5 Å². The standard InChI is InChI=1S/C25H33F2N3O4S/c1-4-5-16-28-25(32)19(2)29(18-20-9-6-7-10-23(20)27)24(31)11-8-17-30(35(3,33)34)22-14-12-21(26)13-15-22/h6-7,9-10,12-15,19H,4-5,8,11,16-18H2,1-3H3,(H,28,32)/t19-/m1/s1. The molecule has 2 aromatic rings. The monoisotopic (exact) mass is 509 g/mol. The second-order valence-electron chi connectivity index (χ2n) is 8.35. The van der Waals surface area contributed by atoms with Crippen LogP contribution in [0.1, 0.15) is 45.1 Å². The number of unbranched alkanes of at least 4 members (excludes halogenated alkanes) is 1. The van der Waals surface area contributed by atoms with Crippen molar-refractivity contribution in [1.82, 2.24) is 10.2 Å². The number of nitrogens with zero attached hydrogens (tertiary/aromatic N) is 2. The highest BCUT2D eigenvalue weighted by atomic mass is 32.2. The summed E-state index contributed by atoms with van der Waals surface area (Å²) in [6.07, 6.45) is 2.82. The van der Waals surface area contributed by atoms with Crippen molar-refractivity contribution in [2.45, 2.75) is 52.1 Å². The molecule has 0 aliphatic heterocycles. The molecule has 0 radical (unpaired) electrons. The molecule has 0 unspecified atom stereocenters. The molecule has 0 aliphatic rings. The third-order valence-electron chi connectivity index (χ3n) is 5.56. The number of sulfonamides is 1. The van der Waals surface area contributed by atoms with Crippen LogP contribution in [0.15, 0.2) is 48.5 Å². The number of benzene rings is 2. The van der Waals surface area contributed by atoms with Crippen LogP contribution in [-0.4, -0.2) is 50.5 Å². The lowest BCUT2D eigenvalue weighted by atomic mass is 10.1. The van der Waals surface area contributed by atoms with Crippen LogP contribution in [0, 0.1) is 11.6 Å². The van der Waals surface area contributed by atoms with E-state index in [0.29, 0.717) is 6.54 Å². The van der Waals surface area contributed by atoms with E-state index in [1.54, 1.807) is 25.1 Å². The van der Waals surface area contributed by atoms with Gasteiger partial charge in [-0.2, -0.15) is 0 Å². The maximum absolute atomic E-state index is 14.3. The maximum Gasteiger partial charge on any atom is 0.242 e. The Kier molecular flexibility index (Phi) is 10.6. The fourth-order valence-electron chi connectivity index (χ4n) is 3.54. The van der Waals surface area contributed by atoms with E-state index in [9.17, 15) is 26.8 Å². The highest BCUT2D eigenvalue weighted by Gasteiger charge is 2.27. The van der Waals surface area contributed by atoms with Crippen molar-refractivity contribution in [1.29, 1.82) is 0 Å². The summed E-state index contributed by atoms with van der Waals surface area (Å²) in [4.78, 5) is 27.1. The van der Waals surface area contributed by atoms with E-state index >= 15 is 0 Å². The van der Waals surface area contributed by atoms with Gasteiger partial charge in [0.05, 0.1) is 11.9 Å². The van der Waals surface area contributed by atoms with Gasteiger partial charge in [-0.1, -0.05) is 31.5 Å². The van der Waals surface area contributed by atoms with Gasteiger partial charge >= 0.3 is 0 Å². The van der Waals surface area contributed by atoms with Gasteiger partial charge in [-0.15, -0.1) is 0 Å². The highest BCUT2D eigenvalue weighted by Crippen LogP contribution is 2.20. The lowest BCUT2D eigenvalue weighted by Gasteiger charge is -2.29. The number of hydrogen-bond acceptors (Lipinski definition) is 4. The Morgan fingerprint density at radius 2 is 1.69 bits per heavy atom. The number of halogens is 2. The van der Waals surface area contributed by atoms with Crippen molar-refractivity contribution in [3.05, 3.63) is 65.7 Å². The summed E-state index contributed by atoms with van der Waals surface area (Å²) in [5.41, 5.74) is 0.561. The van der Waals surface area contributed by atoms with Gasteiger partial charge in [0.2, 0.25) is 21.8 Å². The Morgan fingerprint density at radius 3 is 2.29 bits per heavy atom. The number of carbonyl (C=O) groups is 2. The topological polar surface area (TPSA) is 86.8 Å². The molecule has 0 spiro atoms. The van der Waals surface area contributed by atoms with Crippen molar-refractivity contribution in [2.24, 2.45) is 0 Å². The van der Waals surface area contributed by atoms with E-state index in [0.717, 1.165) is 35.5 Å². The summed E-state index contributed by atoms with van der Waals surface area (Å²) in [6, 6.07) is 10.2. The molecule has 0 saturated heterocycles. The number of rotatable bonds is 13. The van der Waals surface area contributed by atoms with Crippen molar-refractivity contribution < 1.29 is 26.8 Å². The molecule has 7 nitrogen and oxygen atoms in total. The largest absolute Gasteiger partial charge is 0.354 e. The van der Waals surface area contributed by atoms with Crippen molar-refractivity contribution in [3.63, 3.8) is 0 Å². The Labute approximate surface area is 206 Å². The fourth-order valence-corrected chi connectivity index (χ4v) is 4.51. The minimum Gasteiger partial charge on any atom is -0.354 e. The van der Waals surface area contributed by atoms with Crippen LogP contribution in [0.25, 0.3) is 0 Å². The normalized spacial score (nSPS) is 12.1. The molecule has 1 atom stereocenters. The second-order valence-corrected chi connectivity index (χ2v) is 10.3. The predicted octanol–water partition coefficient (Wildman–Crippen LogP) is 3.84. The van der Waals surface area contributed by atoms with Crippen molar-refractivity contribution in [2.75, 3.05) is 23.7 Å². The zero-order valence-electron chi connectivity index (χ0n) is 20.3. The average molecular weight is 510 g/mol. The molecule has 0 fully saturated rings. The van der Waals surface area contributed by atoms with Gasteiger partial charge in [-0.3, -0.25) is 13.9 Å². The molecule has 192 valence electrons. The fraction of sp³-hybridized carbons (Fsp3) is 0.440. The van der Waals surface area contributed by atoms with Gasteiger partial charge in [0.25, 0.3) is 0 Å². The molecule has 2 aromatic carbocycles. The third-order valence-corrected chi connectivity index (χ3v) is 6.76. The molecular formula is C25H33F2N3O4S. The summed E-state index contributed by atoms with van der Waals surface area (Å²) < 4.78 is 53.2. The first-order valence-corrected chi connectivity index (χ1v) is 13.4. The molecule has 2 rings (SSSR count). The lowest BCUT2D eigenvalue weighted by Crippen LogP contribution is -2.48. The van der Waals surface area contributed by atoms with Crippen LogP contribution < -0.4 is 9.62 Å². The van der Waals surface area contributed by atoms with E-state index in [4.69, 9.17) is 0 Å². The molecule has 1 N–H and O–H groups in total. The zero-order valence-corrected chi connectivity index (χ0v) is 21.2. The minimum atomic E-state index is -3.67. The molecule has 0 bridgehead atoms. The molecule has 35 heavy (non-hydrogen) atoms. The van der Waals surface area contributed by atoms with Gasteiger partial charge in [-0.25, -0.2) is 17.2 Å². The van der Waals surface area contributed by atoms with Crippen LogP contribution in [0.5, 0.6) is 0 Å². The summed E-state index contributed by atoms with van der Waals surface area (Å²) >= 11 is 0. The smallest absolute Gasteiger partial charge is 0.242 e. The number of carbonyl (C=O) groups excluding carboxylic acids is 2. The van der Waals surface area contributed by atoms with E-state index in [2.05, 4.69) is 5.32 Å². The summed E-state index contributed by atoms with van der Waals surface area (Å²) in [7, 11) is -3.67. The molecule has 0 aromatic heterocycles. The zero-order chi connectivity index (χ0) is 26.0. The highest BCUT2D eigenvalue weighted by molar-refractivity contribution is 7.92. The molecule has 0 heterocycles. The van der Waals surface area contributed by atoms with E-state index in [1.165, 1.54) is 23.1 Å². The molecule has 0 saturated carbocycles. The summed E-state index contributed by atoms with van der Waals surface area (Å²) in [5, 5.41) is 2.79. The van der Waals surface area contributed by atoms with E-state index in [1.807, 2.05) is 6.92 Å². The third kappa shape index (κ3) is 8.61. The minimum absolute atomic E-state index is 0.0131. The quantitative estimate of drug-likeness (QED) is 0.416. The van der Waals surface area contributed by atoms with Crippen LogP contribution in [0.3, 0.4) is 0 Å². The molecule has 2 amide bonds. The average Bonchev–Trinajstić information content (AvgIpc) is 2.81. The number of hydrogen-bond donors (Lipinski definition) is 1. The first-order chi connectivity index (χ1) is 16.5. The predicted molar refractivity (Wildman–Crippen MR) is 132 cm³/mol. The summed E-state index contributed by atoms with van der Waals surface area (Å²) in [6.45, 7) is 3.95. The van der Waals surface area contributed by atoms with E-state index in [-0.39, 0.29) is 43.1 Å². The van der Waals surface area contributed by atoms with Gasteiger partial charge < -0.3 is 10.2 Å². The SMILES string of the molecule is CCCCNC(=O)[C@@H](C)N(Cc1ccccc1F)C(=O)CCCN(c1ccc(F)cc1)S(C)(=O)=O. The molecular weight excluding hydrogens is 476 g/mol. The van der Waals surface area contributed by atoms with Gasteiger partial charge in [-0.05, 0) is 50.1 Å². The Balaban J connectivity index is 2.14. The number of nitrogens with one attached hydrogen (secondary N) is 1. The second kappa shape index (κ2) is 13.2. The first kappa shape index (κ1) is 28.2. The summed E-state index contributed by atoms with van der Waals surface area (Å²) in [5.74, 6) is -1.72. The van der Waals surface area contributed by atoms with Gasteiger partial charge in [0, 0.05) is 31.6 Å². The lowest BCUT2D eigenvalue weighted by molar-refractivity contribution is -0.140.